The van der Waals surface area contributed by atoms with Gasteiger partial charge in [-0.15, -0.1) is 0 Å². The molecule has 3 aromatic rings. The highest BCUT2D eigenvalue weighted by atomic mass is 79.9. The number of hydrazone groups is 1. The Labute approximate surface area is 180 Å². The number of nitro groups is 1. The monoisotopic (exact) mass is 472 g/mol. The molecule has 2 N–H and O–H groups in total. The molecule has 10 heteroatoms. The third-order valence-electron chi connectivity index (χ3n) is 4.06. The van der Waals surface area contributed by atoms with Crippen molar-refractivity contribution in [3.8, 4) is 17.1 Å². The van der Waals surface area contributed by atoms with E-state index in [1.165, 1.54) is 25.5 Å². The zero-order valence-corrected chi connectivity index (χ0v) is 17.6. The molecular weight excluding hydrogens is 456 g/mol. The number of rotatable bonds is 6. The number of aryl methyl sites for hydroxylation is 1. The first-order valence-electron chi connectivity index (χ1n) is 8.66. The summed E-state index contributed by atoms with van der Waals surface area (Å²) >= 11 is 3.40. The summed E-state index contributed by atoms with van der Waals surface area (Å²) in [6.45, 7) is 1.92. The van der Waals surface area contributed by atoms with Gasteiger partial charge in [-0.05, 0) is 48.9 Å². The molecule has 2 aromatic carbocycles. The van der Waals surface area contributed by atoms with E-state index < -0.39 is 11.0 Å². The van der Waals surface area contributed by atoms with Crippen molar-refractivity contribution in [1.29, 1.82) is 0 Å². The zero-order valence-electron chi connectivity index (χ0n) is 16.0. The molecule has 0 radical (unpaired) electrons. The number of carbonyl (C=O) groups excluding carboxylic acids is 1. The molecule has 2 amide bonds. The van der Waals surface area contributed by atoms with Crippen molar-refractivity contribution in [3.63, 3.8) is 0 Å². The average molecular weight is 473 g/mol. The van der Waals surface area contributed by atoms with Gasteiger partial charge >= 0.3 is 6.03 Å². The second kappa shape index (κ2) is 9.23. The van der Waals surface area contributed by atoms with Crippen LogP contribution in [0, 0.1) is 17.0 Å². The highest BCUT2D eigenvalue weighted by Crippen LogP contribution is 2.34. The van der Waals surface area contributed by atoms with Gasteiger partial charge in [-0.3, -0.25) is 10.1 Å². The standard InChI is InChI=1S/C20H17BrN4O5/c1-12-9-13(3-7-17(12)21)23-20(26)24-22-11-15-5-8-18(30-15)16-6-4-14(25(27)28)10-19(16)29-2/h3-11H,1-2H3,(H2,23,24,26)/b22-11+. The first kappa shape index (κ1) is 21.1. The van der Waals surface area contributed by atoms with Crippen molar-refractivity contribution in [2.45, 2.75) is 6.92 Å². The smallest absolute Gasteiger partial charge is 0.339 e. The minimum absolute atomic E-state index is 0.0832. The Morgan fingerprint density at radius 2 is 2.03 bits per heavy atom. The molecule has 0 unspecified atom stereocenters. The van der Waals surface area contributed by atoms with Crippen molar-refractivity contribution in [2.24, 2.45) is 5.10 Å². The van der Waals surface area contributed by atoms with Crippen LogP contribution < -0.4 is 15.5 Å². The Morgan fingerprint density at radius 1 is 1.23 bits per heavy atom. The third-order valence-corrected chi connectivity index (χ3v) is 4.95. The second-order valence-electron chi connectivity index (χ2n) is 6.13. The molecule has 0 spiro atoms. The van der Waals surface area contributed by atoms with Crippen LogP contribution in [0.4, 0.5) is 16.2 Å². The number of hydrogen-bond donors (Lipinski definition) is 2. The lowest BCUT2D eigenvalue weighted by molar-refractivity contribution is -0.384. The number of nitrogens with one attached hydrogen (secondary N) is 2. The molecule has 0 fully saturated rings. The van der Waals surface area contributed by atoms with Gasteiger partial charge in [0.05, 0.1) is 29.9 Å². The number of hydrogen-bond acceptors (Lipinski definition) is 6. The second-order valence-corrected chi connectivity index (χ2v) is 6.99. The summed E-state index contributed by atoms with van der Waals surface area (Å²) in [5.74, 6) is 1.13. The number of nitrogens with zero attached hydrogens (tertiary/aromatic N) is 2. The number of ether oxygens (including phenoxy) is 1. The highest BCUT2D eigenvalue weighted by molar-refractivity contribution is 9.10. The van der Waals surface area contributed by atoms with E-state index in [0.717, 1.165) is 10.0 Å². The van der Waals surface area contributed by atoms with Crippen molar-refractivity contribution < 1.29 is 18.9 Å². The van der Waals surface area contributed by atoms with Gasteiger partial charge in [-0.2, -0.15) is 5.10 Å². The number of carbonyl (C=O) groups is 1. The van der Waals surface area contributed by atoms with E-state index in [-0.39, 0.29) is 5.69 Å². The molecule has 0 bridgehead atoms. The van der Waals surface area contributed by atoms with Crippen molar-refractivity contribution in [3.05, 3.63) is 74.4 Å². The molecule has 30 heavy (non-hydrogen) atoms. The van der Waals surface area contributed by atoms with Gasteiger partial charge in [0.1, 0.15) is 17.3 Å². The Kier molecular flexibility index (Phi) is 6.48. The average Bonchev–Trinajstić information content (AvgIpc) is 3.19. The molecule has 0 aliphatic rings. The van der Waals surface area contributed by atoms with E-state index in [4.69, 9.17) is 9.15 Å². The summed E-state index contributed by atoms with van der Waals surface area (Å²) in [6.07, 6.45) is 1.34. The highest BCUT2D eigenvalue weighted by Gasteiger charge is 2.15. The fourth-order valence-electron chi connectivity index (χ4n) is 2.60. The summed E-state index contributed by atoms with van der Waals surface area (Å²) < 4.78 is 11.8. The maximum absolute atomic E-state index is 11.9. The van der Waals surface area contributed by atoms with Crippen molar-refractivity contribution >= 4 is 39.6 Å². The number of benzene rings is 2. The maximum atomic E-state index is 11.9. The number of halogens is 1. The van der Waals surface area contributed by atoms with Crippen LogP contribution in [0.25, 0.3) is 11.3 Å². The summed E-state index contributed by atoms with van der Waals surface area (Å²) in [6, 6.07) is 12.5. The molecule has 9 nitrogen and oxygen atoms in total. The molecule has 1 heterocycles. The topological polar surface area (TPSA) is 119 Å². The van der Waals surface area contributed by atoms with Gasteiger partial charge in [-0.1, -0.05) is 15.9 Å². The normalized spacial score (nSPS) is 10.8. The van der Waals surface area contributed by atoms with Crippen LogP contribution in [0.5, 0.6) is 5.75 Å². The maximum Gasteiger partial charge on any atom is 0.339 e. The Balaban J connectivity index is 1.65. The molecule has 3 rings (SSSR count). The predicted octanol–water partition coefficient (Wildman–Crippen LogP) is 5.09. The summed E-state index contributed by atoms with van der Waals surface area (Å²) in [7, 11) is 1.42. The number of urea groups is 1. The number of nitro benzene ring substituents is 1. The van der Waals surface area contributed by atoms with Crippen LogP contribution >= 0.6 is 15.9 Å². The van der Waals surface area contributed by atoms with Gasteiger partial charge in [0, 0.05) is 16.2 Å². The van der Waals surface area contributed by atoms with Crippen LogP contribution in [0.3, 0.4) is 0 Å². The van der Waals surface area contributed by atoms with Gasteiger partial charge in [0.25, 0.3) is 5.69 Å². The molecule has 0 atom stereocenters. The number of amides is 2. The number of anilines is 1. The minimum atomic E-state index is -0.503. The molecule has 1 aromatic heterocycles. The molecule has 0 saturated heterocycles. The molecule has 0 aliphatic heterocycles. The molecule has 0 aliphatic carbocycles. The Morgan fingerprint density at radius 3 is 2.73 bits per heavy atom. The zero-order chi connectivity index (χ0) is 21.7. The third kappa shape index (κ3) is 5.03. The first-order valence-corrected chi connectivity index (χ1v) is 9.45. The van der Waals surface area contributed by atoms with Crippen LogP contribution in [0.2, 0.25) is 0 Å². The lowest BCUT2D eigenvalue weighted by atomic mass is 10.1. The molecular formula is C20H17BrN4O5. The summed E-state index contributed by atoms with van der Waals surface area (Å²) in [4.78, 5) is 22.4. The van der Waals surface area contributed by atoms with Crippen LogP contribution in [-0.4, -0.2) is 24.3 Å². The van der Waals surface area contributed by atoms with Crippen molar-refractivity contribution in [1.82, 2.24) is 5.43 Å². The SMILES string of the molecule is COc1cc([N+](=O)[O-])ccc1-c1ccc(/C=N/NC(=O)Nc2ccc(Br)c(C)c2)o1. The quantitative estimate of drug-likeness (QED) is 0.294. The Bertz CT molecular complexity index is 1130. The fraction of sp³-hybridized carbons (Fsp3) is 0.100. The van der Waals surface area contributed by atoms with E-state index in [9.17, 15) is 14.9 Å². The van der Waals surface area contributed by atoms with Crippen LogP contribution in [0.1, 0.15) is 11.3 Å². The fourth-order valence-corrected chi connectivity index (χ4v) is 2.85. The van der Waals surface area contributed by atoms with Gasteiger partial charge < -0.3 is 14.5 Å². The van der Waals surface area contributed by atoms with Gasteiger partial charge in [0.15, 0.2) is 0 Å². The first-order chi connectivity index (χ1) is 14.4. The van der Waals surface area contributed by atoms with Crippen molar-refractivity contribution in [2.75, 3.05) is 12.4 Å². The van der Waals surface area contributed by atoms with E-state index in [2.05, 4.69) is 31.8 Å². The van der Waals surface area contributed by atoms with E-state index in [1.807, 2.05) is 19.1 Å². The molecule has 154 valence electrons. The van der Waals surface area contributed by atoms with E-state index in [0.29, 0.717) is 28.5 Å². The number of furan rings is 1. The summed E-state index contributed by atoms with van der Waals surface area (Å²) in [5.41, 5.74) is 4.45. The Hall–Kier alpha value is -3.66. The lowest BCUT2D eigenvalue weighted by Gasteiger charge is -2.06. The largest absolute Gasteiger partial charge is 0.496 e. The van der Waals surface area contributed by atoms with E-state index in [1.54, 1.807) is 24.3 Å². The minimum Gasteiger partial charge on any atom is -0.496 e. The summed E-state index contributed by atoms with van der Waals surface area (Å²) in [5, 5.41) is 17.4. The van der Waals surface area contributed by atoms with Gasteiger partial charge in [-0.25, -0.2) is 10.2 Å². The number of methoxy groups -OCH3 is 1. The van der Waals surface area contributed by atoms with Gasteiger partial charge in [0.2, 0.25) is 0 Å². The number of non-ortho nitro benzene ring substituents is 1. The van der Waals surface area contributed by atoms with Crippen LogP contribution in [-0.2, 0) is 0 Å². The molecule has 0 saturated carbocycles. The predicted molar refractivity (Wildman–Crippen MR) is 116 cm³/mol. The van der Waals surface area contributed by atoms with Crippen LogP contribution in [0.15, 0.2) is 62.5 Å². The lowest BCUT2D eigenvalue weighted by Crippen LogP contribution is -2.24. The van der Waals surface area contributed by atoms with E-state index >= 15 is 0 Å².